The summed E-state index contributed by atoms with van der Waals surface area (Å²) in [7, 11) is 1.71. The van der Waals surface area contributed by atoms with Crippen molar-refractivity contribution in [2.45, 2.75) is 58.5 Å². The van der Waals surface area contributed by atoms with Crippen LogP contribution in [0.4, 0.5) is 0 Å². The van der Waals surface area contributed by atoms with Crippen LogP contribution >= 0.6 is 0 Å². The number of methoxy groups -OCH3 is 1. The fourth-order valence-electron chi connectivity index (χ4n) is 2.97. The highest BCUT2D eigenvalue weighted by atomic mass is 16.5. The molecule has 0 saturated heterocycles. The lowest BCUT2D eigenvalue weighted by molar-refractivity contribution is 0.410. The van der Waals surface area contributed by atoms with Crippen molar-refractivity contribution in [2.24, 2.45) is 4.99 Å². The molecule has 0 aromatic heterocycles. The molecule has 1 aromatic rings. The number of ether oxygens (including phenoxy) is 1. The van der Waals surface area contributed by atoms with Gasteiger partial charge in [-0.15, -0.1) is 0 Å². The number of guanidine groups is 1. The number of nitrogens with zero attached hydrogens (tertiary/aromatic N) is 1. The van der Waals surface area contributed by atoms with Gasteiger partial charge in [-0.2, -0.15) is 0 Å². The Morgan fingerprint density at radius 1 is 1.27 bits per heavy atom. The molecule has 0 atom stereocenters. The van der Waals surface area contributed by atoms with Crippen molar-refractivity contribution < 1.29 is 4.74 Å². The van der Waals surface area contributed by atoms with Crippen LogP contribution in [0.1, 0.15) is 50.2 Å². The number of hydrogen-bond donors (Lipinski definition) is 2. The van der Waals surface area contributed by atoms with Crippen molar-refractivity contribution in [3.05, 3.63) is 29.3 Å². The van der Waals surface area contributed by atoms with Crippen LogP contribution in [0.5, 0.6) is 5.75 Å². The Kier molecular flexibility index (Phi) is 6.56. The summed E-state index contributed by atoms with van der Waals surface area (Å²) in [6.45, 7) is 5.75. The molecule has 1 aliphatic carbocycles. The number of aliphatic imine (C=N–C) groups is 1. The zero-order chi connectivity index (χ0) is 15.8. The van der Waals surface area contributed by atoms with E-state index < -0.39 is 0 Å². The Labute approximate surface area is 134 Å². The van der Waals surface area contributed by atoms with E-state index in [4.69, 9.17) is 9.73 Å². The third-order valence-corrected chi connectivity index (χ3v) is 4.17. The van der Waals surface area contributed by atoms with Gasteiger partial charge in [0.05, 0.1) is 13.7 Å². The van der Waals surface area contributed by atoms with Crippen molar-refractivity contribution in [1.29, 1.82) is 0 Å². The smallest absolute Gasteiger partial charge is 0.191 e. The van der Waals surface area contributed by atoms with Crippen molar-refractivity contribution in [2.75, 3.05) is 13.7 Å². The molecule has 122 valence electrons. The van der Waals surface area contributed by atoms with Crippen LogP contribution in [-0.2, 0) is 6.54 Å². The number of nitrogens with one attached hydrogen (secondary N) is 2. The molecule has 0 bridgehead atoms. The lowest BCUT2D eigenvalue weighted by Gasteiger charge is -2.24. The third kappa shape index (κ3) is 4.93. The molecule has 1 saturated carbocycles. The topological polar surface area (TPSA) is 45.7 Å². The fraction of sp³-hybridized carbons (Fsp3) is 0.611. The fourth-order valence-corrected chi connectivity index (χ4v) is 2.97. The maximum absolute atomic E-state index is 5.30. The molecule has 1 fully saturated rings. The van der Waals surface area contributed by atoms with E-state index in [1.165, 1.54) is 37.7 Å². The van der Waals surface area contributed by atoms with E-state index >= 15 is 0 Å². The van der Waals surface area contributed by atoms with Crippen LogP contribution in [0, 0.1) is 6.92 Å². The average Bonchev–Trinajstić information content (AvgIpc) is 2.54. The molecule has 1 aromatic carbocycles. The number of benzene rings is 1. The first kappa shape index (κ1) is 16.7. The van der Waals surface area contributed by atoms with Crippen LogP contribution in [0.25, 0.3) is 0 Å². The number of rotatable bonds is 5. The number of hydrogen-bond acceptors (Lipinski definition) is 2. The Hall–Kier alpha value is -1.71. The van der Waals surface area contributed by atoms with E-state index in [0.29, 0.717) is 12.6 Å². The third-order valence-electron chi connectivity index (χ3n) is 4.17. The highest BCUT2D eigenvalue weighted by Gasteiger charge is 2.14. The summed E-state index contributed by atoms with van der Waals surface area (Å²) >= 11 is 0. The maximum atomic E-state index is 5.30. The minimum atomic E-state index is 0.573. The highest BCUT2D eigenvalue weighted by molar-refractivity contribution is 5.80. The first-order valence-corrected chi connectivity index (χ1v) is 8.41. The van der Waals surface area contributed by atoms with Crippen LogP contribution in [0.3, 0.4) is 0 Å². The second kappa shape index (κ2) is 8.66. The lowest BCUT2D eigenvalue weighted by Crippen LogP contribution is -2.44. The van der Waals surface area contributed by atoms with Gasteiger partial charge in [-0.05, 0) is 43.9 Å². The Morgan fingerprint density at radius 2 is 2.05 bits per heavy atom. The Bertz CT molecular complexity index is 493. The number of aryl methyl sites for hydroxylation is 1. The van der Waals surface area contributed by atoms with Gasteiger partial charge < -0.3 is 15.4 Å². The average molecular weight is 303 g/mol. The van der Waals surface area contributed by atoms with Crippen LogP contribution in [-0.4, -0.2) is 25.7 Å². The standard InChI is InChI=1S/C18H29N3O/c1-4-19-18(21-16-8-6-5-7-9-16)20-13-15-10-11-17(22-3)14(2)12-15/h10-12,16H,4-9,13H2,1-3H3,(H2,19,20,21). The predicted octanol–water partition coefficient (Wildman–Crippen LogP) is 3.39. The molecule has 0 unspecified atom stereocenters. The minimum Gasteiger partial charge on any atom is -0.496 e. The summed E-state index contributed by atoms with van der Waals surface area (Å²) in [4.78, 5) is 4.73. The van der Waals surface area contributed by atoms with Gasteiger partial charge in [-0.1, -0.05) is 31.4 Å². The SMILES string of the molecule is CCNC(=NCc1ccc(OC)c(C)c1)NC1CCCCC1. The molecule has 0 heterocycles. The van der Waals surface area contributed by atoms with Crippen molar-refractivity contribution >= 4 is 5.96 Å². The molecular formula is C18H29N3O. The second-order valence-electron chi connectivity index (χ2n) is 5.98. The molecule has 22 heavy (non-hydrogen) atoms. The molecule has 0 spiro atoms. The van der Waals surface area contributed by atoms with Gasteiger partial charge in [0, 0.05) is 12.6 Å². The first-order valence-electron chi connectivity index (χ1n) is 8.41. The van der Waals surface area contributed by atoms with Crippen molar-refractivity contribution in [1.82, 2.24) is 10.6 Å². The molecule has 0 radical (unpaired) electrons. The highest BCUT2D eigenvalue weighted by Crippen LogP contribution is 2.19. The Morgan fingerprint density at radius 3 is 2.68 bits per heavy atom. The van der Waals surface area contributed by atoms with E-state index in [0.717, 1.165) is 23.8 Å². The molecule has 2 rings (SSSR count). The van der Waals surface area contributed by atoms with Gasteiger partial charge >= 0.3 is 0 Å². The van der Waals surface area contributed by atoms with E-state index in [2.05, 4.69) is 36.6 Å². The van der Waals surface area contributed by atoms with E-state index in [1.807, 2.05) is 6.07 Å². The largest absolute Gasteiger partial charge is 0.496 e. The van der Waals surface area contributed by atoms with Crippen molar-refractivity contribution in [3.8, 4) is 5.75 Å². The monoisotopic (exact) mass is 303 g/mol. The predicted molar refractivity (Wildman–Crippen MR) is 92.6 cm³/mol. The molecule has 1 aliphatic rings. The molecule has 0 amide bonds. The van der Waals surface area contributed by atoms with Crippen LogP contribution < -0.4 is 15.4 Å². The zero-order valence-corrected chi connectivity index (χ0v) is 14.1. The summed E-state index contributed by atoms with van der Waals surface area (Å²) in [6.07, 6.45) is 6.54. The Balaban J connectivity index is 1.98. The van der Waals surface area contributed by atoms with E-state index in [-0.39, 0.29) is 0 Å². The molecule has 4 heteroatoms. The van der Waals surface area contributed by atoms with Crippen LogP contribution in [0.2, 0.25) is 0 Å². The van der Waals surface area contributed by atoms with Crippen LogP contribution in [0.15, 0.2) is 23.2 Å². The van der Waals surface area contributed by atoms with E-state index in [9.17, 15) is 0 Å². The van der Waals surface area contributed by atoms with Gasteiger partial charge in [0.15, 0.2) is 5.96 Å². The summed E-state index contributed by atoms with van der Waals surface area (Å²) in [5.41, 5.74) is 2.36. The van der Waals surface area contributed by atoms with Gasteiger partial charge in [-0.25, -0.2) is 4.99 Å². The van der Waals surface area contributed by atoms with Gasteiger partial charge in [0.2, 0.25) is 0 Å². The maximum Gasteiger partial charge on any atom is 0.191 e. The summed E-state index contributed by atoms with van der Waals surface area (Å²) in [5.74, 6) is 1.86. The van der Waals surface area contributed by atoms with Gasteiger partial charge in [0.1, 0.15) is 5.75 Å². The molecule has 2 N–H and O–H groups in total. The summed E-state index contributed by atoms with van der Waals surface area (Å²) < 4.78 is 5.30. The second-order valence-corrected chi connectivity index (χ2v) is 5.98. The summed E-state index contributed by atoms with van der Waals surface area (Å²) in [6, 6.07) is 6.82. The normalized spacial score (nSPS) is 16.4. The first-order chi connectivity index (χ1) is 10.7. The molecule has 4 nitrogen and oxygen atoms in total. The van der Waals surface area contributed by atoms with Gasteiger partial charge in [-0.3, -0.25) is 0 Å². The molecule has 0 aliphatic heterocycles. The quantitative estimate of drug-likeness (QED) is 0.647. The summed E-state index contributed by atoms with van der Waals surface area (Å²) in [5, 5.41) is 6.93. The zero-order valence-electron chi connectivity index (χ0n) is 14.1. The lowest BCUT2D eigenvalue weighted by atomic mass is 9.96. The van der Waals surface area contributed by atoms with Crippen molar-refractivity contribution in [3.63, 3.8) is 0 Å². The molecular weight excluding hydrogens is 274 g/mol. The minimum absolute atomic E-state index is 0.573. The van der Waals surface area contributed by atoms with Gasteiger partial charge in [0.25, 0.3) is 0 Å². The van der Waals surface area contributed by atoms with E-state index in [1.54, 1.807) is 7.11 Å².